The van der Waals surface area contributed by atoms with Gasteiger partial charge >= 0.3 is 0 Å². The molecular weight excluding hydrogens is 370 g/mol. The minimum absolute atomic E-state index is 0. The molecule has 1 fully saturated rings. The summed E-state index contributed by atoms with van der Waals surface area (Å²) in [5, 5.41) is 1.66. The number of halogens is 1. The molecule has 0 aromatic carbocycles. The second-order valence-electron chi connectivity index (χ2n) is 6.75. The topological polar surface area (TPSA) is 83.7 Å². The van der Waals surface area contributed by atoms with Gasteiger partial charge in [0.25, 0.3) is 5.91 Å². The lowest BCUT2D eigenvalue weighted by Crippen LogP contribution is -2.40. The Morgan fingerprint density at radius 2 is 1.96 bits per heavy atom. The van der Waals surface area contributed by atoms with E-state index in [4.69, 9.17) is 5.73 Å². The number of carbonyl (C=O) groups is 1. The summed E-state index contributed by atoms with van der Waals surface area (Å²) < 4.78 is 26.9. The first-order chi connectivity index (χ1) is 10.7. The van der Waals surface area contributed by atoms with Crippen molar-refractivity contribution in [2.45, 2.75) is 31.6 Å². The van der Waals surface area contributed by atoms with Crippen LogP contribution < -0.4 is 5.73 Å². The van der Waals surface area contributed by atoms with Gasteiger partial charge in [-0.1, -0.05) is 13.8 Å². The van der Waals surface area contributed by atoms with Crippen molar-refractivity contribution in [2.75, 3.05) is 33.2 Å². The molecular formula is C15H26ClN3O3S2. The van der Waals surface area contributed by atoms with Crippen molar-refractivity contribution in [3.05, 3.63) is 16.3 Å². The Morgan fingerprint density at radius 3 is 2.50 bits per heavy atom. The monoisotopic (exact) mass is 395 g/mol. The lowest BCUT2D eigenvalue weighted by molar-refractivity contribution is 0.0742. The first-order valence-corrected chi connectivity index (χ1v) is 10.0. The van der Waals surface area contributed by atoms with Gasteiger partial charge in [0, 0.05) is 26.7 Å². The molecule has 0 spiro atoms. The molecule has 1 amide bonds. The van der Waals surface area contributed by atoms with E-state index in [0.29, 0.717) is 26.2 Å². The fourth-order valence-corrected chi connectivity index (χ4v) is 5.58. The second kappa shape index (κ2) is 8.14. The van der Waals surface area contributed by atoms with Gasteiger partial charge in [0.2, 0.25) is 10.0 Å². The van der Waals surface area contributed by atoms with Crippen LogP contribution in [0.15, 0.2) is 16.3 Å². The van der Waals surface area contributed by atoms with Gasteiger partial charge < -0.3 is 10.6 Å². The predicted molar refractivity (Wildman–Crippen MR) is 99.4 cm³/mol. The Kier molecular flexibility index (Phi) is 7.25. The Hall–Kier alpha value is -0.670. The molecule has 2 rings (SSSR count). The molecule has 2 heterocycles. The highest BCUT2D eigenvalue weighted by Crippen LogP contribution is 2.29. The summed E-state index contributed by atoms with van der Waals surface area (Å²) in [7, 11) is -1.90. The van der Waals surface area contributed by atoms with Gasteiger partial charge in [0.05, 0.1) is 0 Å². The molecule has 6 nitrogen and oxygen atoms in total. The van der Waals surface area contributed by atoms with Crippen LogP contribution in [-0.4, -0.2) is 56.8 Å². The van der Waals surface area contributed by atoms with Crippen molar-refractivity contribution in [3.8, 4) is 0 Å². The molecule has 0 unspecified atom stereocenters. The summed E-state index contributed by atoms with van der Waals surface area (Å²) >= 11 is 1.18. The number of carbonyl (C=O) groups excluding carboxylic acids is 1. The predicted octanol–water partition coefficient (Wildman–Crippen LogP) is 2.01. The Bertz CT molecular complexity index is 667. The average molecular weight is 396 g/mol. The van der Waals surface area contributed by atoms with Crippen LogP contribution in [0.1, 0.15) is 36.4 Å². The van der Waals surface area contributed by atoms with Crippen LogP contribution in [0.5, 0.6) is 0 Å². The number of hydrogen-bond acceptors (Lipinski definition) is 5. The van der Waals surface area contributed by atoms with Crippen molar-refractivity contribution < 1.29 is 13.2 Å². The molecule has 0 saturated carbocycles. The van der Waals surface area contributed by atoms with Crippen molar-refractivity contribution in [3.63, 3.8) is 0 Å². The minimum Gasteiger partial charge on any atom is -0.340 e. The molecule has 9 heteroatoms. The lowest BCUT2D eigenvalue weighted by Gasteiger charge is -2.29. The molecule has 0 aliphatic carbocycles. The Morgan fingerprint density at radius 1 is 1.38 bits per heavy atom. The number of hydrogen-bond donors (Lipinski definition) is 1. The maximum absolute atomic E-state index is 12.7. The highest BCUT2D eigenvalue weighted by Gasteiger charge is 2.33. The van der Waals surface area contributed by atoms with Gasteiger partial charge in [-0.3, -0.25) is 4.79 Å². The third-order valence-electron chi connectivity index (χ3n) is 4.07. The fraction of sp³-hybridized carbons (Fsp3) is 0.667. The highest BCUT2D eigenvalue weighted by molar-refractivity contribution is 7.89. The number of amides is 1. The van der Waals surface area contributed by atoms with Gasteiger partial charge in [-0.15, -0.1) is 23.7 Å². The standard InChI is InChI=1S/C15H25N3O3S2.ClH/c1-15(2,10-16)11-17(3)14(19)13-12(6-9-22-13)23(20,21)18-7-4-5-8-18;/h6,9H,4-5,7-8,10-11,16H2,1-3H3;1H. The largest absolute Gasteiger partial charge is 0.340 e. The summed E-state index contributed by atoms with van der Waals surface area (Å²) in [6.45, 7) is 5.95. The van der Waals surface area contributed by atoms with Gasteiger partial charge in [-0.25, -0.2) is 8.42 Å². The van der Waals surface area contributed by atoms with E-state index in [0.717, 1.165) is 12.8 Å². The zero-order valence-corrected chi connectivity index (χ0v) is 16.8. The van der Waals surface area contributed by atoms with Gasteiger partial charge in [-0.2, -0.15) is 4.31 Å². The lowest BCUT2D eigenvalue weighted by atomic mass is 9.93. The van der Waals surface area contributed by atoms with Crippen molar-refractivity contribution in [1.29, 1.82) is 0 Å². The normalized spacial score (nSPS) is 16.0. The number of nitrogens with two attached hydrogens (primary N) is 1. The Labute approximate surface area is 154 Å². The summed E-state index contributed by atoms with van der Waals surface area (Å²) in [5.74, 6) is -0.265. The number of nitrogens with zero attached hydrogens (tertiary/aromatic N) is 2. The van der Waals surface area contributed by atoms with Crippen molar-refractivity contribution >= 4 is 39.7 Å². The first kappa shape index (κ1) is 21.4. The molecule has 1 aliphatic rings. The summed E-state index contributed by atoms with van der Waals surface area (Å²) in [5.41, 5.74) is 5.50. The van der Waals surface area contributed by atoms with Crippen LogP contribution in [0.4, 0.5) is 0 Å². The van der Waals surface area contributed by atoms with E-state index in [1.54, 1.807) is 17.3 Å². The maximum atomic E-state index is 12.7. The third-order valence-corrected chi connectivity index (χ3v) is 7.04. The fourth-order valence-electron chi connectivity index (χ4n) is 2.68. The van der Waals surface area contributed by atoms with Crippen molar-refractivity contribution in [2.24, 2.45) is 11.1 Å². The summed E-state index contributed by atoms with van der Waals surface area (Å²) in [6, 6.07) is 1.54. The number of sulfonamides is 1. The third kappa shape index (κ3) is 4.49. The Balaban J connectivity index is 0.00000288. The zero-order valence-electron chi connectivity index (χ0n) is 14.3. The van der Waals surface area contributed by atoms with E-state index < -0.39 is 10.0 Å². The van der Waals surface area contributed by atoms with Gasteiger partial charge in [0.15, 0.2) is 0 Å². The van der Waals surface area contributed by atoms with Crippen LogP contribution in [0.25, 0.3) is 0 Å². The van der Waals surface area contributed by atoms with Gasteiger partial charge in [0.1, 0.15) is 9.77 Å². The molecule has 2 N–H and O–H groups in total. The molecule has 1 aromatic rings. The van der Waals surface area contributed by atoms with E-state index in [9.17, 15) is 13.2 Å². The van der Waals surface area contributed by atoms with E-state index in [-0.39, 0.29) is 33.5 Å². The van der Waals surface area contributed by atoms with E-state index >= 15 is 0 Å². The number of rotatable bonds is 6. The quantitative estimate of drug-likeness (QED) is 0.798. The van der Waals surface area contributed by atoms with Gasteiger partial charge in [-0.05, 0) is 36.2 Å². The molecule has 1 aliphatic heterocycles. The highest BCUT2D eigenvalue weighted by atomic mass is 35.5. The smallest absolute Gasteiger partial charge is 0.265 e. The maximum Gasteiger partial charge on any atom is 0.265 e. The SMILES string of the molecule is CN(CC(C)(C)CN)C(=O)c1sccc1S(=O)(=O)N1CCCC1.Cl. The van der Waals surface area contributed by atoms with Crippen LogP contribution in [0.2, 0.25) is 0 Å². The average Bonchev–Trinajstić information content (AvgIpc) is 3.17. The molecule has 0 atom stereocenters. The molecule has 138 valence electrons. The molecule has 0 bridgehead atoms. The molecule has 1 saturated heterocycles. The first-order valence-electron chi connectivity index (χ1n) is 7.72. The van der Waals surface area contributed by atoms with Crippen LogP contribution in [0, 0.1) is 5.41 Å². The second-order valence-corrected chi connectivity index (χ2v) is 9.58. The zero-order chi connectivity index (χ0) is 17.3. The molecule has 24 heavy (non-hydrogen) atoms. The van der Waals surface area contributed by atoms with Crippen molar-refractivity contribution in [1.82, 2.24) is 9.21 Å². The van der Waals surface area contributed by atoms with E-state index in [1.807, 2.05) is 13.8 Å². The number of thiophene rings is 1. The van der Waals surface area contributed by atoms with E-state index in [1.165, 1.54) is 21.7 Å². The van der Waals surface area contributed by atoms with Crippen LogP contribution >= 0.6 is 23.7 Å². The van der Waals surface area contributed by atoms with E-state index in [2.05, 4.69) is 0 Å². The van der Waals surface area contributed by atoms with Crippen LogP contribution in [-0.2, 0) is 10.0 Å². The minimum atomic E-state index is -3.58. The molecule has 0 radical (unpaired) electrons. The summed E-state index contributed by atoms with van der Waals surface area (Å²) in [4.78, 5) is 14.7. The van der Waals surface area contributed by atoms with Crippen LogP contribution in [0.3, 0.4) is 0 Å². The summed E-state index contributed by atoms with van der Waals surface area (Å²) in [6.07, 6.45) is 1.74. The molecule has 1 aromatic heterocycles.